The SMILES string of the molecule is Cc1cc(NC(=O)c2cccc(C#N)c2)n(-c2nc(C)c(C)c(=O)[nH]2)n1. The average molecular weight is 348 g/mol. The zero-order valence-electron chi connectivity index (χ0n) is 14.5. The Morgan fingerprint density at radius 3 is 2.73 bits per heavy atom. The molecule has 8 heteroatoms. The number of carbonyl (C=O) groups excluding carboxylic acids is 1. The summed E-state index contributed by atoms with van der Waals surface area (Å²) < 4.78 is 1.37. The van der Waals surface area contributed by atoms with Crippen LogP contribution in [0.3, 0.4) is 0 Å². The highest BCUT2D eigenvalue weighted by atomic mass is 16.1. The van der Waals surface area contributed by atoms with Crippen molar-refractivity contribution in [3.8, 4) is 12.0 Å². The first-order chi connectivity index (χ1) is 12.4. The van der Waals surface area contributed by atoms with Crippen LogP contribution in [-0.4, -0.2) is 25.7 Å². The maximum atomic E-state index is 12.5. The van der Waals surface area contributed by atoms with Gasteiger partial charge in [-0.1, -0.05) is 6.07 Å². The summed E-state index contributed by atoms with van der Waals surface area (Å²) in [5, 5.41) is 16.0. The van der Waals surface area contributed by atoms with Crippen molar-refractivity contribution in [3.05, 3.63) is 68.8 Å². The van der Waals surface area contributed by atoms with Gasteiger partial charge in [-0.05, 0) is 39.0 Å². The van der Waals surface area contributed by atoms with Crippen molar-refractivity contribution >= 4 is 11.7 Å². The van der Waals surface area contributed by atoms with E-state index >= 15 is 0 Å². The number of aromatic nitrogens is 4. The molecule has 0 radical (unpaired) electrons. The Kier molecular flexibility index (Phi) is 4.37. The molecular formula is C18H16N6O2. The number of nitrogens with zero attached hydrogens (tertiary/aromatic N) is 4. The fourth-order valence-corrected chi connectivity index (χ4v) is 2.40. The van der Waals surface area contributed by atoms with E-state index in [4.69, 9.17) is 5.26 Å². The van der Waals surface area contributed by atoms with Gasteiger partial charge in [-0.3, -0.25) is 14.6 Å². The number of rotatable bonds is 3. The third-order valence-electron chi connectivity index (χ3n) is 3.91. The summed E-state index contributed by atoms with van der Waals surface area (Å²) in [6, 6.07) is 10.0. The van der Waals surface area contributed by atoms with Gasteiger partial charge < -0.3 is 5.32 Å². The number of hydrogen-bond acceptors (Lipinski definition) is 5. The Morgan fingerprint density at radius 1 is 1.27 bits per heavy atom. The van der Waals surface area contributed by atoms with Gasteiger partial charge in [-0.25, -0.2) is 4.98 Å². The maximum absolute atomic E-state index is 12.5. The molecule has 0 saturated carbocycles. The van der Waals surface area contributed by atoms with Crippen LogP contribution in [0.4, 0.5) is 5.82 Å². The Morgan fingerprint density at radius 2 is 2.04 bits per heavy atom. The molecule has 0 aliphatic carbocycles. The molecule has 3 rings (SSSR count). The number of H-pyrrole nitrogens is 1. The number of anilines is 1. The molecule has 0 bridgehead atoms. The van der Waals surface area contributed by atoms with Crippen LogP contribution in [0.25, 0.3) is 5.95 Å². The van der Waals surface area contributed by atoms with E-state index < -0.39 is 5.91 Å². The van der Waals surface area contributed by atoms with Crippen LogP contribution in [0.15, 0.2) is 35.1 Å². The Balaban J connectivity index is 1.99. The van der Waals surface area contributed by atoms with Crippen molar-refractivity contribution in [1.82, 2.24) is 19.7 Å². The topological polar surface area (TPSA) is 116 Å². The van der Waals surface area contributed by atoms with Crippen LogP contribution in [0, 0.1) is 32.1 Å². The van der Waals surface area contributed by atoms with Crippen molar-refractivity contribution in [2.24, 2.45) is 0 Å². The number of amides is 1. The van der Waals surface area contributed by atoms with Gasteiger partial charge in [0.15, 0.2) is 0 Å². The summed E-state index contributed by atoms with van der Waals surface area (Å²) in [7, 11) is 0. The van der Waals surface area contributed by atoms with Gasteiger partial charge in [0, 0.05) is 22.9 Å². The highest BCUT2D eigenvalue weighted by Crippen LogP contribution is 2.16. The molecule has 0 fully saturated rings. The molecule has 2 heterocycles. The van der Waals surface area contributed by atoms with Crippen molar-refractivity contribution in [2.75, 3.05) is 5.32 Å². The first-order valence-electron chi connectivity index (χ1n) is 7.85. The molecule has 0 aliphatic rings. The lowest BCUT2D eigenvalue weighted by atomic mass is 10.1. The largest absolute Gasteiger partial charge is 0.306 e. The lowest BCUT2D eigenvalue weighted by Crippen LogP contribution is -2.20. The summed E-state index contributed by atoms with van der Waals surface area (Å²) in [5.41, 5.74) is 2.22. The van der Waals surface area contributed by atoms with Crippen LogP contribution in [0.5, 0.6) is 0 Å². The van der Waals surface area contributed by atoms with E-state index in [1.54, 1.807) is 45.0 Å². The molecule has 1 aromatic carbocycles. The average Bonchev–Trinajstić information content (AvgIpc) is 2.99. The molecule has 0 saturated heterocycles. The standard InChI is InChI=1S/C18H16N6O2/c1-10-7-15(21-17(26)14-6-4-5-13(8-14)9-19)24(23-10)18-20-12(3)11(2)16(25)22-18/h4-8H,1-3H3,(H,21,26)(H,20,22,25). The molecule has 2 N–H and O–H groups in total. The second-order valence-electron chi connectivity index (χ2n) is 5.83. The van der Waals surface area contributed by atoms with E-state index in [0.29, 0.717) is 33.9 Å². The molecule has 8 nitrogen and oxygen atoms in total. The monoisotopic (exact) mass is 348 g/mol. The predicted molar refractivity (Wildman–Crippen MR) is 95.3 cm³/mol. The van der Waals surface area contributed by atoms with Crippen molar-refractivity contribution in [2.45, 2.75) is 20.8 Å². The smallest absolute Gasteiger partial charge is 0.256 e. The summed E-state index contributed by atoms with van der Waals surface area (Å²) in [4.78, 5) is 31.5. The number of aromatic amines is 1. The summed E-state index contributed by atoms with van der Waals surface area (Å²) >= 11 is 0. The first kappa shape index (κ1) is 17.1. The van der Waals surface area contributed by atoms with E-state index in [0.717, 1.165) is 0 Å². The highest BCUT2D eigenvalue weighted by molar-refractivity contribution is 6.04. The number of nitrogens with one attached hydrogen (secondary N) is 2. The van der Waals surface area contributed by atoms with Crippen LogP contribution in [-0.2, 0) is 0 Å². The molecule has 26 heavy (non-hydrogen) atoms. The lowest BCUT2D eigenvalue weighted by Gasteiger charge is -2.09. The molecule has 0 unspecified atom stereocenters. The molecule has 0 aliphatic heterocycles. The zero-order chi connectivity index (χ0) is 18.8. The fourth-order valence-electron chi connectivity index (χ4n) is 2.40. The van der Waals surface area contributed by atoms with E-state index in [9.17, 15) is 9.59 Å². The number of aryl methyl sites for hydroxylation is 2. The first-order valence-corrected chi connectivity index (χ1v) is 7.85. The summed E-state index contributed by atoms with van der Waals surface area (Å²) in [6.07, 6.45) is 0. The second-order valence-corrected chi connectivity index (χ2v) is 5.83. The summed E-state index contributed by atoms with van der Waals surface area (Å²) in [6.45, 7) is 5.18. The van der Waals surface area contributed by atoms with Crippen LogP contribution < -0.4 is 10.9 Å². The van der Waals surface area contributed by atoms with Gasteiger partial charge in [-0.15, -0.1) is 0 Å². The second kappa shape index (κ2) is 6.64. The number of hydrogen-bond donors (Lipinski definition) is 2. The molecule has 0 atom stereocenters. The minimum atomic E-state index is -0.394. The molecular weight excluding hydrogens is 332 g/mol. The van der Waals surface area contributed by atoms with E-state index in [1.807, 2.05) is 6.07 Å². The van der Waals surface area contributed by atoms with E-state index in [2.05, 4.69) is 20.4 Å². The van der Waals surface area contributed by atoms with E-state index in [-0.39, 0.29) is 11.5 Å². The third kappa shape index (κ3) is 3.23. The molecule has 130 valence electrons. The summed E-state index contributed by atoms with van der Waals surface area (Å²) in [5.74, 6) is 0.183. The fraction of sp³-hybridized carbons (Fsp3) is 0.167. The normalized spacial score (nSPS) is 10.4. The van der Waals surface area contributed by atoms with Crippen molar-refractivity contribution < 1.29 is 4.79 Å². The van der Waals surface area contributed by atoms with Gasteiger partial charge in [0.2, 0.25) is 5.95 Å². The Bertz CT molecular complexity index is 1100. The number of carbonyl (C=O) groups is 1. The van der Waals surface area contributed by atoms with Gasteiger partial charge in [0.1, 0.15) is 5.82 Å². The number of nitriles is 1. The Hall–Kier alpha value is -3.73. The number of benzene rings is 1. The molecule has 0 spiro atoms. The van der Waals surface area contributed by atoms with Gasteiger partial charge in [0.25, 0.3) is 11.5 Å². The van der Waals surface area contributed by atoms with Crippen LogP contribution in [0.2, 0.25) is 0 Å². The minimum Gasteiger partial charge on any atom is -0.306 e. The van der Waals surface area contributed by atoms with Gasteiger partial charge >= 0.3 is 0 Å². The van der Waals surface area contributed by atoms with E-state index in [1.165, 1.54) is 10.7 Å². The quantitative estimate of drug-likeness (QED) is 0.751. The highest BCUT2D eigenvalue weighted by Gasteiger charge is 2.15. The van der Waals surface area contributed by atoms with Crippen molar-refractivity contribution in [1.29, 1.82) is 5.26 Å². The van der Waals surface area contributed by atoms with Gasteiger partial charge in [0.05, 0.1) is 17.3 Å². The van der Waals surface area contributed by atoms with Gasteiger partial charge in [-0.2, -0.15) is 15.0 Å². The lowest BCUT2D eigenvalue weighted by molar-refractivity contribution is 0.102. The minimum absolute atomic E-state index is 0.215. The Labute approximate surface area is 149 Å². The molecule has 2 aromatic heterocycles. The maximum Gasteiger partial charge on any atom is 0.256 e. The molecule has 1 amide bonds. The predicted octanol–water partition coefficient (Wildman–Crippen LogP) is 2.00. The zero-order valence-corrected chi connectivity index (χ0v) is 14.5. The van der Waals surface area contributed by atoms with Crippen LogP contribution in [0.1, 0.15) is 32.9 Å². The molecule has 3 aromatic rings. The van der Waals surface area contributed by atoms with Crippen LogP contribution >= 0.6 is 0 Å². The third-order valence-corrected chi connectivity index (χ3v) is 3.91. The van der Waals surface area contributed by atoms with Crippen molar-refractivity contribution in [3.63, 3.8) is 0 Å².